The van der Waals surface area contributed by atoms with E-state index in [-0.39, 0.29) is 6.10 Å². The van der Waals surface area contributed by atoms with E-state index < -0.39 is 0 Å². The zero-order chi connectivity index (χ0) is 15.2. The van der Waals surface area contributed by atoms with Gasteiger partial charge in [-0.25, -0.2) is 10.8 Å². The van der Waals surface area contributed by atoms with Crippen molar-refractivity contribution in [2.24, 2.45) is 17.7 Å². The molecule has 0 aliphatic heterocycles. The third kappa shape index (κ3) is 4.54. The summed E-state index contributed by atoms with van der Waals surface area (Å²) in [6.07, 6.45) is 3.56. The summed E-state index contributed by atoms with van der Waals surface area (Å²) in [5.74, 6) is 8.60. The van der Waals surface area contributed by atoms with Crippen molar-refractivity contribution in [2.45, 2.75) is 52.7 Å². The molecule has 0 spiro atoms. The molecule has 1 fully saturated rings. The van der Waals surface area contributed by atoms with Crippen molar-refractivity contribution in [2.75, 3.05) is 12.0 Å². The number of anilines is 1. The predicted molar refractivity (Wildman–Crippen MR) is 81.8 cm³/mol. The Morgan fingerprint density at radius 1 is 1.29 bits per heavy atom. The van der Waals surface area contributed by atoms with E-state index in [1.807, 2.05) is 6.92 Å². The van der Waals surface area contributed by atoms with E-state index in [2.05, 4.69) is 29.2 Å². The number of nitrogens with zero attached hydrogens (tertiary/aromatic N) is 2. The molecule has 1 aromatic rings. The van der Waals surface area contributed by atoms with Gasteiger partial charge in [0.05, 0.1) is 0 Å². The second kappa shape index (κ2) is 7.56. The zero-order valence-electron chi connectivity index (χ0n) is 13.1. The minimum Gasteiger partial charge on any atom is -0.474 e. The topological polar surface area (TPSA) is 82.3 Å². The fraction of sp³-hybridized carbons (Fsp3) is 0.733. The van der Waals surface area contributed by atoms with Crippen LogP contribution in [-0.4, -0.2) is 22.7 Å². The molecule has 6 heteroatoms. The maximum Gasteiger partial charge on any atom is 0.219 e. The summed E-state index contributed by atoms with van der Waals surface area (Å²) < 4.78 is 11.4. The van der Waals surface area contributed by atoms with Crippen molar-refractivity contribution < 1.29 is 9.47 Å². The van der Waals surface area contributed by atoms with E-state index in [4.69, 9.17) is 15.3 Å². The monoisotopic (exact) mass is 294 g/mol. The number of aromatic nitrogens is 2. The molecule has 0 saturated heterocycles. The maximum atomic E-state index is 6.03. The molecule has 0 aromatic carbocycles. The Labute approximate surface area is 126 Å². The third-order valence-electron chi connectivity index (χ3n) is 4.17. The van der Waals surface area contributed by atoms with E-state index in [0.717, 1.165) is 18.8 Å². The van der Waals surface area contributed by atoms with Crippen molar-refractivity contribution in [1.82, 2.24) is 9.97 Å². The van der Waals surface area contributed by atoms with E-state index in [1.54, 1.807) is 6.07 Å². The lowest BCUT2D eigenvalue weighted by atomic mass is 9.80. The number of nitrogens with one attached hydrogen (secondary N) is 1. The molecule has 1 heterocycles. The molecule has 3 unspecified atom stereocenters. The first-order valence-corrected chi connectivity index (χ1v) is 7.71. The standard InChI is InChI=1S/C15H26N4O2/c1-4-20-9-14-17-13(19-16)8-15(18-14)21-12-6-5-10(2)11(3)7-12/h8,10-12H,4-7,9,16H2,1-3H3,(H,17,18,19). The Morgan fingerprint density at radius 3 is 2.76 bits per heavy atom. The van der Waals surface area contributed by atoms with Gasteiger partial charge in [0.2, 0.25) is 5.88 Å². The van der Waals surface area contributed by atoms with Crippen LogP contribution in [0.4, 0.5) is 5.82 Å². The van der Waals surface area contributed by atoms with Crippen LogP contribution < -0.4 is 16.0 Å². The molecule has 3 atom stereocenters. The van der Waals surface area contributed by atoms with Gasteiger partial charge in [-0.15, -0.1) is 0 Å². The smallest absolute Gasteiger partial charge is 0.219 e. The van der Waals surface area contributed by atoms with Gasteiger partial charge in [0.25, 0.3) is 0 Å². The van der Waals surface area contributed by atoms with Crippen LogP contribution in [-0.2, 0) is 11.3 Å². The molecular weight excluding hydrogens is 268 g/mol. The van der Waals surface area contributed by atoms with Crippen molar-refractivity contribution >= 4 is 5.82 Å². The lowest BCUT2D eigenvalue weighted by Crippen LogP contribution is -2.29. The molecule has 21 heavy (non-hydrogen) atoms. The van der Waals surface area contributed by atoms with Crippen LogP contribution in [0.1, 0.15) is 45.9 Å². The van der Waals surface area contributed by atoms with Gasteiger partial charge < -0.3 is 14.9 Å². The normalized spacial score (nSPS) is 25.6. The van der Waals surface area contributed by atoms with Crippen LogP contribution in [0.25, 0.3) is 0 Å². The molecule has 1 saturated carbocycles. The summed E-state index contributed by atoms with van der Waals surface area (Å²) in [7, 11) is 0. The van der Waals surface area contributed by atoms with E-state index in [9.17, 15) is 0 Å². The summed E-state index contributed by atoms with van der Waals surface area (Å²) in [4.78, 5) is 8.66. The van der Waals surface area contributed by atoms with Gasteiger partial charge in [0, 0.05) is 12.7 Å². The summed E-state index contributed by atoms with van der Waals surface area (Å²) in [5.41, 5.74) is 2.55. The Bertz CT molecular complexity index is 455. The number of nitrogens with two attached hydrogens (primary N) is 1. The summed E-state index contributed by atoms with van der Waals surface area (Å²) in [6.45, 7) is 7.52. The Hall–Kier alpha value is -1.40. The SMILES string of the molecule is CCOCc1nc(NN)cc(OC2CCC(C)C(C)C2)n1. The zero-order valence-corrected chi connectivity index (χ0v) is 13.1. The molecular formula is C15H26N4O2. The van der Waals surface area contributed by atoms with E-state index in [1.165, 1.54) is 6.42 Å². The quantitative estimate of drug-likeness (QED) is 0.619. The van der Waals surface area contributed by atoms with E-state index in [0.29, 0.717) is 36.7 Å². The highest BCUT2D eigenvalue weighted by Gasteiger charge is 2.26. The molecule has 0 radical (unpaired) electrons. The average molecular weight is 294 g/mol. The van der Waals surface area contributed by atoms with Gasteiger partial charge in [0.15, 0.2) is 5.82 Å². The Balaban J connectivity index is 2.04. The summed E-state index contributed by atoms with van der Waals surface area (Å²) in [5, 5.41) is 0. The number of hydrazine groups is 1. The van der Waals surface area contributed by atoms with Crippen LogP contribution in [0.15, 0.2) is 6.07 Å². The molecule has 2 rings (SSSR count). The first-order valence-electron chi connectivity index (χ1n) is 7.71. The second-order valence-corrected chi connectivity index (χ2v) is 5.80. The maximum absolute atomic E-state index is 6.03. The highest BCUT2D eigenvalue weighted by molar-refractivity contribution is 5.37. The number of rotatable bonds is 6. The lowest BCUT2D eigenvalue weighted by Gasteiger charge is -2.32. The molecule has 3 N–H and O–H groups in total. The number of ether oxygens (including phenoxy) is 2. The van der Waals surface area contributed by atoms with Crippen LogP contribution in [0.5, 0.6) is 5.88 Å². The van der Waals surface area contributed by atoms with Gasteiger partial charge in [-0.1, -0.05) is 13.8 Å². The van der Waals surface area contributed by atoms with Gasteiger partial charge in [0.1, 0.15) is 18.5 Å². The Kier molecular flexibility index (Phi) is 5.76. The van der Waals surface area contributed by atoms with Gasteiger partial charge in [-0.2, -0.15) is 4.98 Å². The van der Waals surface area contributed by atoms with Crippen LogP contribution in [0, 0.1) is 11.8 Å². The van der Waals surface area contributed by atoms with Crippen LogP contribution in [0.3, 0.4) is 0 Å². The van der Waals surface area contributed by atoms with Gasteiger partial charge in [-0.05, 0) is 38.0 Å². The predicted octanol–water partition coefficient (Wildman–Crippen LogP) is 2.50. The molecule has 1 aliphatic carbocycles. The van der Waals surface area contributed by atoms with Crippen molar-refractivity contribution in [3.63, 3.8) is 0 Å². The molecule has 1 aliphatic rings. The summed E-state index contributed by atoms with van der Waals surface area (Å²) >= 11 is 0. The average Bonchev–Trinajstić information content (AvgIpc) is 2.48. The van der Waals surface area contributed by atoms with Crippen molar-refractivity contribution in [3.05, 3.63) is 11.9 Å². The number of hydrogen-bond donors (Lipinski definition) is 2. The molecule has 6 nitrogen and oxygen atoms in total. The molecule has 0 amide bonds. The fourth-order valence-corrected chi connectivity index (χ4v) is 2.64. The fourth-order valence-electron chi connectivity index (χ4n) is 2.64. The highest BCUT2D eigenvalue weighted by atomic mass is 16.5. The van der Waals surface area contributed by atoms with Gasteiger partial charge in [-0.3, -0.25) is 0 Å². The number of nitrogen functional groups attached to an aromatic ring is 1. The van der Waals surface area contributed by atoms with E-state index >= 15 is 0 Å². The lowest BCUT2D eigenvalue weighted by molar-refractivity contribution is 0.0939. The van der Waals surface area contributed by atoms with Crippen molar-refractivity contribution in [1.29, 1.82) is 0 Å². The molecule has 1 aromatic heterocycles. The third-order valence-corrected chi connectivity index (χ3v) is 4.17. The molecule has 0 bridgehead atoms. The second-order valence-electron chi connectivity index (χ2n) is 5.80. The first-order chi connectivity index (χ1) is 10.1. The van der Waals surface area contributed by atoms with Crippen molar-refractivity contribution in [3.8, 4) is 5.88 Å². The minimum atomic E-state index is 0.219. The van der Waals surface area contributed by atoms with Crippen LogP contribution >= 0.6 is 0 Å². The number of hydrogen-bond acceptors (Lipinski definition) is 6. The van der Waals surface area contributed by atoms with Crippen LogP contribution in [0.2, 0.25) is 0 Å². The Morgan fingerprint density at radius 2 is 2.10 bits per heavy atom. The highest BCUT2D eigenvalue weighted by Crippen LogP contribution is 2.31. The first kappa shape index (κ1) is 16.0. The minimum absolute atomic E-state index is 0.219. The summed E-state index contributed by atoms with van der Waals surface area (Å²) in [6, 6.07) is 1.73. The largest absolute Gasteiger partial charge is 0.474 e. The van der Waals surface area contributed by atoms with Gasteiger partial charge >= 0.3 is 0 Å². The molecule has 118 valence electrons.